The molecule has 0 heterocycles. The Labute approximate surface area is 121 Å². The van der Waals surface area contributed by atoms with Crippen molar-refractivity contribution in [2.45, 2.75) is 6.92 Å². The van der Waals surface area contributed by atoms with Crippen LogP contribution >= 0.6 is 0 Å². The number of amides is 1. The third-order valence-corrected chi connectivity index (χ3v) is 2.84. The van der Waals surface area contributed by atoms with Gasteiger partial charge in [-0.3, -0.25) is 4.79 Å². The van der Waals surface area contributed by atoms with E-state index in [0.29, 0.717) is 16.9 Å². The molecule has 2 rings (SSSR count). The maximum Gasteiger partial charge on any atom is 0.262 e. The highest BCUT2D eigenvalue weighted by Crippen LogP contribution is 2.18. The standard InChI is InChI=1S/C16H13FN2O2/c1-11-3-2-4-14(17)16(11)19-15(20)10-21-13-7-5-12(9-18)6-8-13/h2-8H,10H2,1H3,(H,19,20). The summed E-state index contributed by atoms with van der Waals surface area (Å²) in [5, 5.41) is 11.2. The molecule has 0 saturated heterocycles. The number of halogens is 1. The smallest absolute Gasteiger partial charge is 0.262 e. The summed E-state index contributed by atoms with van der Waals surface area (Å²) in [4.78, 5) is 11.8. The highest BCUT2D eigenvalue weighted by atomic mass is 19.1. The van der Waals surface area contributed by atoms with Gasteiger partial charge < -0.3 is 10.1 Å². The topological polar surface area (TPSA) is 62.1 Å². The monoisotopic (exact) mass is 284 g/mol. The molecular formula is C16H13FN2O2. The summed E-state index contributed by atoms with van der Waals surface area (Å²) in [6, 6.07) is 12.9. The number of hydrogen-bond acceptors (Lipinski definition) is 3. The molecule has 1 amide bonds. The molecule has 0 aliphatic heterocycles. The molecule has 0 unspecified atom stereocenters. The second-order valence-corrected chi connectivity index (χ2v) is 4.40. The maximum absolute atomic E-state index is 13.6. The van der Waals surface area contributed by atoms with Crippen LogP contribution in [0.3, 0.4) is 0 Å². The first kappa shape index (κ1) is 14.5. The molecule has 0 aliphatic rings. The fraction of sp³-hybridized carbons (Fsp3) is 0.125. The Morgan fingerprint density at radius 3 is 2.62 bits per heavy atom. The number of ether oxygens (including phenoxy) is 1. The van der Waals surface area contributed by atoms with Gasteiger partial charge in [-0.1, -0.05) is 12.1 Å². The Bertz CT molecular complexity index is 670. The summed E-state index contributed by atoms with van der Waals surface area (Å²) < 4.78 is 18.8. The van der Waals surface area contributed by atoms with E-state index in [-0.39, 0.29) is 12.3 Å². The van der Waals surface area contributed by atoms with Crippen molar-refractivity contribution < 1.29 is 13.9 Å². The Balaban J connectivity index is 1.94. The largest absolute Gasteiger partial charge is 0.484 e. The molecule has 0 aromatic heterocycles. The van der Waals surface area contributed by atoms with Gasteiger partial charge in [0.15, 0.2) is 6.61 Å². The first-order valence-electron chi connectivity index (χ1n) is 6.28. The number of carbonyl (C=O) groups excluding carboxylic acids is 1. The van der Waals surface area contributed by atoms with Crippen molar-refractivity contribution in [3.8, 4) is 11.8 Å². The molecule has 0 radical (unpaired) electrons. The van der Waals surface area contributed by atoms with Crippen LogP contribution in [0, 0.1) is 24.1 Å². The minimum Gasteiger partial charge on any atom is -0.484 e. The highest BCUT2D eigenvalue weighted by Gasteiger charge is 2.10. The third-order valence-electron chi connectivity index (χ3n) is 2.84. The van der Waals surface area contributed by atoms with Gasteiger partial charge in [-0.15, -0.1) is 0 Å². The predicted molar refractivity (Wildman–Crippen MR) is 76.4 cm³/mol. The van der Waals surface area contributed by atoms with E-state index in [4.69, 9.17) is 10.00 Å². The number of para-hydroxylation sites is 1. The van der Waals surface area contributed by atoms with Crippen LogP contribution in [0.15, 0.2) is 42.5 Å². The normalized spacial score (nSPS) is 9.76. The molecule has 0 aliphatic carbocycles. The van der Waals surface area contributed by atoms with Gasteiger partial charge in [0.1, 0.15) is 11.6 Å². The van der Waals surface area contributed by atoms with E-state index in [0.717, 1.165) is 0 Å². The number of nitriles is 1. The van der Waals surface area contributed by atoms with Gasteiger partial charge in [0.2, 0.25) is 0 Å². The average Bonchev–Trinajstić information content (AvgIpc) is 2.49. The third kappa shape index (κ3) is 3.80. The van der Waals surface area contributed by atoms with Crippen LogP contribution in [0.2, 0.25) is 0 Å². The second kappa shape index (κ2) is 6.53. The highest BCUT2D eigenvalue weighted by molar-refractivity contribution is 5.92. The molecule has 2 aromatic carbocycles. The number of benzene rings is 2. The SMILES string of the molecule is Cc1cccc(F)c1NC(=O)COc1ccc(C#N)cc1. The fourth-order valence-electron chi connectivity index (χ4n) is 1.74. The van der Waals surface area contributed by atoms with E-state index < -0.39 is 11.7 Å². The van der Waals surface area contributed by atoms with E-state index in [1.54, 1.807) is 43.3 Å². The van der Waals surface area contributed by atoms with Crippen LogP contribution in [0.4, 0.5) is 10.1 Å². The zero-order valence-corrected chi connectivity index (χ0v) is 11.4. The van der Waals surface area contributed by atoms with Crippen LogP contribution in [-0.4, -0.2) is 12.5 Å². The van der Waals surface area contributed by atoms with Crippen LogP contribution < -0.4 is 10.1 Å². The lowest BCUT2D eigenvalue weighted by Crippen LogP contribution is -2.21. The molecule has 106 valence electrons. The minimum absolute atomic E-state index is 0.158. The number of aryl methyl sites for hydroxylation is 1. The number of nitrogens with zero attached hydrogens (tertiary/aromatic N) is 1. The lowest BCUT2D eigenvalue weighted by Gasteiger charge is -2.10. The summed E-state index contributed by atoms with van der Waals surface area (Å²) in [6.45, 7) is 1.47. The van der Waals surface area contributed by atoms with E-state index in [1.165, 1.54) is 6.07 Å². The number of anilines is 1. The fourth-order valence-corrected chi connectivity index (χ4v) is 1.74. The molecule has 0 fully saturated rings. The van der Waals surface area contributed by atoms with Gasteiger partial charge in [0.25, 0.3) is 5.91 Å². The first-order chi connectivity index (χ1) is 10.1. The van der Waals surface area contributed by atoms with Gasteiger partial charge in [-0.25, -0.2) is 4.39 Å². The molecule has 0 saturated carbocycles. The van der Waals surface area contributed by atoms with Crippen LogP contribution in [-0.2, 0) is 4.79 Å². The molecule has 0 atom stereocenters. The number of hydrogen-bond donors (Lipinski definition) is 1. The van der Waals surface area contributed by atoms with Crippen molar-refractivity contribution in [3.63, 3.8) is 0 Å². The van der Waals surface area contributed by atoms with Crippen molar-refractivity contribution in [2.75, 3.05) is 11.9 Å². The molecule has 0 spiro atoms. The van der Waals surface area contributed by atoms with Crippen LogP contribution in [0.25, 0.3) is 0 Å². The summed E-state index contributed by atoms with van der Waals surface area (Å²) in [7, 11) is 0. The van der Waals surface area contributed by atoms with E-state index in [9.17, 15) is 9.18 Å². The summed E-state index contributed by atoms with van der Waals surface area (Å²) in [5.74, 6) is -0.469. The van der Waals surface area contributed by atoms with E-state index in [2.05, 4.69) is 5.32 Å². The number of nitrogens with one attached hydrogen (secondary N) is 1. The van der Waals surface area contributed by atoms with Gasteiger partial charge in [-0.2, -0.15) is 5.26 Å². The molecule has 4 nitrogen and oxygen atoms in total. The molecular weight excluding hydrogens is 271 g/mol. The Hall–Kier alpha value is -2.87. The zero-order chi connectivity index (χ0) is 15.2. The zero-order valence-electron chi connectivity index (χ0n) is 11.4. The molecule has 1 N–H and O–H groups in total. The van der Waals surface area contributed by atoms with Crippen molar-refractivity contribution in [3.05, 3.63) is 59.4 Å². The summed E-state index contributed by atoms with van der Waals surface area (Å²) in [6.07, 6.45) is 0. The van der Waals surface area contributed by atoms with Crippen molar-refractivity contribution in [1.29, 1.82) is 5.26 Å². The summed E-state index contributed by atoms with van der Waals surface area (Å²) >= 11 is 0. The number of rotatable bonds is 4. The van der Waals surface area contributed by atoms with Crippen LogP contribution in [0.5, 0.6) is 5.75 Å². The van der Waals surface area contributed by atoms with E-state index in [1.807, 2.05) is 6.07 Å². The Morgan fingerprint density at radius 2 is 2.00 bits per heavy atom. The van der Waals surface area contributed by atoms with Crippen LogP contribution in [0.1, 0.15) is 11.1 Å². The quantitative estimate of drug-likeness (QED) is 0.938. The molecule has 5 heteroatoms. The first-order valence-corrected chi connectivity index (χ1v) is 6.28. The molecule has 0 bridgehead atoms. The lowest BCUT2D eigenvalue weighted by atomic mass is 10.2. The average molecular weight is 284 g/mol. The van der Waals surface area contributed by atoms with Gasteiger partial charge in [-0.05, 0) is 42.8 Å². The minimum atomic E-state index is -0.485. The lowest BCUT2D eigenvalue weighted by molar-refractivity contribution is -0.118. The molecule has 2 aromatic rings. The summed E-state index contributed by atoms with van der Waals surface area (Å²) in [5.41, 5.74) is 1.31. The number of carbonyl (C=O) groups is 1. The van der Waals surface area contributed by atoms with Gasteiger partial charge in [0.05, 0.1) is 17.3 Å². The maximum atomic E-state index is 13.6. The van der Waals surface area contributed by atoms with Crippen molar-refractivity contribution in [1.82, 2.24) is 0 Å². The predicted octanol–water partition coefficient (Wildman–Crippen LogP) is 3.02. The van der Waals surface area contributed by atoms with Crippen molar-refractivity contribution in [2.24, 2.45) is 0 Å². The van der Waals surface area contributed by atoms with Crippen molar-refractivity contribution >= 4 is 11.6 Å². The van der Waals surface area contributed by atoms with Gasteiger partial charge in [0, 0.05) is 0 Å². The Morgan fingerprint density at radius 1 is 1.29 bits per heavy atom. The molecule has 21 heavy (non-hydrogen) atoms. The second-order valence-electron chi connectivity index (χ2n) is 4.40. The van der Waals surface area contributed by atoms with Gasteiger partial charge >= 0.3 is 0 Å². The van der Waals surface area contributed by atoms with E-state index >= 15 is 0 Å². The Kier molecular flexibility index (Phi) is 4.52.